The number of carbonyl (C=O) groups is 2. The van der Waals surface area contributed by atoms with Gasteiger partial charge in [0, 0.05) is 38.2 Å². The van der Waals surface area contributed by atoms with E-state index < -0.39 is 0 Å². The highest BCUT2D eigenvalue weighted by Gasteiger charge is 2.19. The maximum absolute atomic E-state index is 12.3. The summed E-state index contributed by atoms with van der Waals surface area (Å²) in [5.74, 6) is 0.795. The second kappa shape index (κ2) is 9.92. The molecular formula is C24H34N4O2. The van der Waals surface area contributed by atoms with Gasteiger partial charge in [0.05, 0.1) is 11.4 Å². The van der Waals surface area contributed by atoms with Crippen LogP contribution in [0.25, 0.3) is 5.69 Å². The number of aromatic nitrogens is 2. The zero-order chi connectivity index (χ0) is 21.7. The third kappa shape index (κ3) is 5.29. The number of nitrogens with zero attached hydrogens (tertiary/aromatic N) is 3. The summed E-state index contributed by atoms with van der Waals surface area (Å²) in [6.45, 7) is 10.7. The molecule has 0 atom stereocenters. The van der Waals surface area contributed by atoms with Crippen molar-refractivity contribution in [3.63, 3.8) is 0 Å². The van der Waals surface area contributed by atoms with Crippen LogP contribution in [0.15, 0.2) is 24.3 Å². The first kappa shape index (κ1) is 22.1. The Labute approximate surface area is 179 Å². The van der Waals surface area contributed by atoms with Crippen LogP contribution in [0.3, 0.4) is 0 Å². The zero-order valence-electron chi connectivity index (χ0n) is 18.7. The van der Waals surface area contributed by atoms with Crippen molar-refractivity contribution < 1.29 is 9.59 Å². The average molecular weight is 411 g/mol. The summed E-state index contributed by atoms with van der Waals surface area (Å²) in [7, 11) is 0. The molecule has 2 heterocycles. The SMILES string of the molecule is Cc1nn(-c2ccc(C(C)C)cc2)c(C)c1CCC(=O)NCCCN1CCCC1=O. The van der Waals surface area contributed by atoms with E-state index in [1.54, 1.807) is 0 Å². The van der Waals surface area contributed by atoms with E-state index in [0.717, 1.165) is 48.6 Å². The Bertz CT molecular complexity index is 883. The van der Waals surface area contributed by atoms with Crippen LogP contribution in [0.4, 0.5) is 0 Å². The maximum Gasteiger partial charge on any atom is 0.222 e. The first-order chi connectivity index (χ1) is 14.4. The summed E-state index contributed by atoms with van der Waals surface area (Å²) >= 11 is 0. The van der Waals surface area contributed by atoms with E-state index in [9.17, 15) is 9.59 Å². The summed E-state index contributed by atoms with van der Waals surface area (Å²) in [5, 5.41) is 7.69. The van der Waals surface area contributed by atoms with E-state index in [1.807, 2.05) is 16.5 Å². The van der Waals surface area contributed by atoms with Crippen LogP contribution >= 0.6 is 0 Å². The number of hydrogen-bond donors (Lipinski definition) is 1. The highest BCUT2D eigenvalue weighted by atomic mass is 16.2. The molecule has 0 saturated carbocycles. The molecule has 0 spiro atoms. The predicted octanol–water partition coefficient (Wildman–Crippen LogP) is 3.67. The normalized spacial score (nSPS) is 14.0. The van der Waals surface area contributed by atoms with E-state index in [1.165, 1.54) is 5.56 Å². The predicted molar refractivity (Wildman–Crippen MR) is 119 cm³/mol. The zero-order valence-corrected chi connectivity index (χ0v) is 18.7. The average Bonchev–Trinajstić information content (AvgIpc) is 3.26. The van der Waals surface area contributed by atoms with Gasteiger partial charge in [-0.2, -0.15) is 5.10 Å². The lowest BCUT2D eigenvalue weighted by atomic mass is 10.0. The number of rotatable bonds is 9. The van der Waals surface area contributed by atoms with Crippen LogP contribution in [0.2, 0.25) is 0 Å². The molecule has 1 aliphatic heterocycles. The molecule has 0 radical (unpaired) electrons. The minimum Gasteiger partial charge on any atom is -0.356 e. The van der Waals surface area contributed by atoms with E-state index in [-0.39, 0.29) is 11.8 Å². The standard InChI is InChI=1S/C24H34N4O2/c1-17(2)20-8-10-21(11-9-20)28-19(4)22(18(3)26-28)12-13-23(29)25-14-6-16-27-15-5-7-24(27)30/h8-11,17H,5-7,12-16H2,1-4H3,(H,25,29). The Morgan fingerprint density at radius 1 is 1.20 bits per heavy atom. The fourth-order valence-electron chi connectivity index (χ4n) is 4.05. The molecule has 1 N–H and O–H groups in total. The number of likely N-dealkylation sites (tertiary alicyclic amines) is 1. The highest BCUT2D eigenvalue weighted by molar-refractivity contribution is 5.78. The summed E-state index contributed by atoms with van der Waals surface area (Å²) < 4.78 is 1.97. The van der Waals surface area contributed by atoms with Gasteiger partial charge in [-0.05, 0) is 62.3 Å². The molecule has 30 heavy (non-hydrogen) atoms. The molecule has 1 aliphatic rings. The molecule has 2 aromatic rings. The third-order valence-electron chi connectivity index (χ3n) is 5.95. The van der Waals surface area contributed by atoms with Gasteiger partial charge in [-0.3, -0.25) is 9.59 Å². The van der Waals surface area contributed by atoms with E-state index >= 15 is 0 Å². The third-order valence-corrected chi connectivity index (χ3v) is 5.95. The lowest BCUT2D eigenvalue weighted by molar-refractivity contribution is -0.127. The van der Waals surface area contributed by atoms with Gasteiger partial charge in [0.25, 0.3) is 0 Å². The summed E-state index contributed by atoms with van der Waals surface area (Å²) in [5.41, 5.74) is 5.56. The number of amides is 2. The van der Waals surface area contributed by atoms with Crippen LogP contribution < -0.4 is 5.32 Å². The Morgan fingerprint density at radius 2 is 1.93 bits per heavy atom. The van der Waals surface area contributed by atoms with Crippen molar-refractivity contribution in [2.24, 2.45) is 0 Å². The van der Waals surface area contributed by atoms with Gasteiger partial charge >= 0.3 is 0 Å². The number of aryl methyl sites for hydroxylation is 1. The van der Waals surface area contributed by atoms with Crippen LogP contribution in [-0.2, 0) is 16.0 Å². The smallest absolute Gasteiger partial charge is 0.222 e. The second-order valence-electron chi connectivity index (χ2n) is 8.50. The van der Waals surface area contributed by atoms with Crippen molar-refractivity contribution in [2.45, 2.75) is 65.7 Å². The largest absolute Gasteiger partial charge is 0.356 e. The lowest BCUT2D eigenvalue weighted by Gasteiger charge is -2.15. The van der Waals surface area contributed by atoms with Crippen molar-refractivity contribution in [1.29, 1.82) is 0 Å². The summed E-state index contributed by atoms with van der Waals surface area (Å²) in [6.07, 6.45) is 3.56. The fraction of sp³-hybridized carbons (Fsp3) is 0.542. The van der Waals surface area contributed by atoms with E-state index in [0.29, 0.717) is 31.7 Å². The monoisotopic (exact) mass is 410 g/mol. The van der Waals surface area contributed by atoms with E-state index in [2.05, 4.69) is 50.4 Å². The first-order valence-corrected chi connectivity index (χ1v) is 11.1. The van der Waals surface area contributed by atoms with Crippen LogP contribution in [0, 0.1) is 13.8 Å². The molecule has 1 aromatic carbocycles. The molecule has 1 fully saturated rings. The van der Waals surface area contributed by atoms with Crippen LogP contribution in [0.1, 0.15) is 68.0 Å². The van der Waals surface area contributed by atoms with Gasteiger partial charge < -0.3 is 10.2 Å². The molecule has 162 valence electrons. The molecule has 6 nitrogen and oxygen atoms in total. The Kier molecular flexibility index (Phi) is 7.29. The maximum atomic E-state index is 12.3. The second-order valence-corrected chi connectivity index (χ2v) is 8.50. The molecule has 2 amide bonds. The van der Waals surface area contributed by atoms with Crippen molar-refractivity contribution in [3.05, 3.63) is 46.8 Å². The lowest BCUT2D eigenvalue weighted by Crippen LogP contribution is -2.30. The van der Waals surface area contributed by atoms with Crippen molar-refractivity contribution in [1.82, 2.24) is 20.0 Å². The van der Waals surface area contributed by atoms with Crippen molar-refractivity contribution >= 4 is 11.8 Å². The van der Waals surface area contributed by atoms with Crippen LogP contribution in [-0.4, -0.2) is 46.1 Å². The minimum atomic E-state index is 0.0515. The van der Waals surface area contributed by atoms with Crippen molar-refractivity contribution in [2.75, 3.05) is 19.6 Å². The molecule has 0 unspecified atom stereocenters. The van der Waals surface area contributed by atoms with Crippen LogP contribution in [0.5, 0.6) is 0 Å². The summed E-state index contributed by atoms with van der Waals surface area (Å²) in [6, 6.07) is 8.52. The molecule has 1 saturated heterocycles. The minimum absolute atomic E-state index is 0.0515. The molecular weight excluding hydrogens is 376 g/mol. The highest BCUT2D eigenvalue weighted by Crippen LogP contribution is 2.21. The van der Waals surface area contributed by atoms with Gasteiger partial charge in [-0.25, -0.2) is 4.68 Å². The van der Waals surface area contributed by atoms with E-state index in [4.69, 9.17) is 5.10 Å². The molecule has 0 bridgehead atoms. The van der Waals surface area contributed by atoms with Gasteiger partial charge in [-0.15, -0.1) is 0 Å². The summed E-state index contributed by atoms with van der Waals surface area (Å²) in [4.78, 5) is 25.8. The number of benzene rings is 1. The van der Waals surface area contributed by atoms with Gasteiger partial charge in [0.1, 0.15) is 0 Å². The van der Waals surface area contributed by atoms with Gasteiger partial charge in [0.2, 0.25) is 11.8 Å². The Morgan fingerprint density at radius 3 is 2.57 bits per heavy atom. The van der Waals surface area contributed by atoms with Gasteiger partial charge in [0.15, 0.2) is 0 Å². The fourth-order valence-corrected chi connectivity index (χ4v) is 4.05. The topological polar surface area (TPSA) is 67.2 Å². The Hall–Kier alpha value is -2.63. The molecule has 3 rings (SSSR count). The van der Waals surface area contributed by atoms with Crippen molar-refractivity contribution in [3.8, 4) is 5.69 Å². The number of hydrogen-bond acceptors (Lipinski definition) is 3. The molecule has 1 aromatic heterocycles. The number of carbonyl (C=O) groups excluding carboxylic acids is 2. The number of nitrogens with one attached hydrogen (secondary N) is 1. The molecule has 0 aliphatic carbocycles. The Balaban J connectivity index is 1.50. The quantitative estimate of drug-likeness (QED) is 0.642. The van der Waals surface area contributed by atoms with Gasteiger partial charge in [-0.1, -0.05) is 26.0 Å². The first-order valence-electron chi connectivity index (χ1n) is 11.1. The molecule has 6 heteroatoms.